The number of sulfonamides is 1. The van der Waals surface area contributed by atoms with Crippen molar-refractivity contribution in [1.82, 2.24) is 9.71 Å². The van der Waals surface area contributed by atoms with E-state index in [-0.39, 0.29) is 16.7 Å². The number of ether oxygens (including phenoxy) is 1. The van der Waals surface area contributed by atoms with Gasteiger partial charge in [-0.3, -0.25) is 9.59 Å². The highest BCUT2D eigenvalue weighted by molar-refractivity contribution is 7.89. The van der Waals surface area contributed by atoms with Gasteiger partial charge in [0.2, 0.25) is 21.8 Å². The second kappa shape index (κ2) is 9.32. The molecule has 1 aliphatic heterocycles. The number of thiazole rings is 1. The third-order valence-corrected chi connectivity index (χ3v) is 8.07. The molecule has 0 spiro atoms. The number of nitrogens with one attached hydrogen (secondary N) is 2. The van der Waals surface area contributed by atoms with E-state index in [2.05, 4.69) is 15.0 Å². The Balaban J connectivity index is 1.53. The van der Waals surface area contributed by atoms with Crippen molar-refractivity contribution in [2.24, 2.45) is 5.92 Å². The van der Waals surface area contributed by atoms with Gasteiger partial charge >= 0.3 is 0 Å². The number of rotatable bonds is 7. The number of fused-ring (bicyclic) bond motifs is 2. The SMILES string of the molecule is COc1ccc2nc(NC(=O)[C@H](NS(=O)(=O)c3ccc4c(c3)CCN4C(C)=O)C(C)C)sc2c1. The molecule has 0 saturated heterocycles. The molecule has 2 aromatic carbocycles. The maximum atomic E-state index is 13.1. The molecule has 11 heteroatoms. The van der Waals surface area contributed by atoms with Gasteiger partial charge in [0.05, 0.1) is 22.2 Å². The monoisotopic (exact) mass is 502 g/mol. The van der Waals surface area contributed by atoms with Gasteiger partial charge in [-0.1, -0.05) is 25.2 Å². The van der Waals surface area contributed by atoms with Gasteiger partial charge in [0.15, 0.2) is 5.13 Å². The Labute approximate surface area is 202 Å². The van der Waals surface area contributed by atoms with Crippen LogP contribution in [-0.2, 0) is 26.0 Å². The molecule has 1 aliphatic rings. The van der Waals surface area contributed by atoms with Gasteiger partial charge < -0.3 is 15.0 Å². The summed E-state index contributed by atoms with van der Waals surface area (Å²) < 4.78 is 34.9. The fourth-order valence-corrected chi connectivity index (χ4v) is 6.16. The van der Waals surface area contributed by atoms with Crippen LogP contribution in [0.1, 0.15) is 26.3 Å². The Morgan fingerprint density at radius 2 is 1.94 bits per heavy atom. The highest BCUT2D eigenvalue weighted by Crippen LogP contribution is 2.31. The highest BCUT2D eigenvalue weighted by Gasteiger charge is 2.30. The van der Waals surface area contributed by atoms with Crippen LogP contribution in [-0.4, -0.2) is 44.9 Å². The van der Waals surface area contributed by atoms with E-state index in [9.17, 15) is 18.0 Å². The summed E-state index contributed by atoms with van der Waals surface area (Å²) in [6, 6.07) is 9.06. The number of carbonyl (C=O) groups excluding carboxylic acids is 2. The molecule has 0 saturated carbocycles. The van der Waals surface area contributed by atoms with Gasteiger partial charge in [-0.25, -0.2) is 13.4 Å². The van der Waals surface area contributed by atoms with Gasteiger partial charge in [0.1, 0.15) is 11.8 Å². The first kappa shape index (κ1) is 24.1. The zero-order valence-corrected chi connectivity index (χ0v) is 20.9. The van der Waals surface area contributed by atoms with E-state index in [0.29, 0.717) is 29.4 Å². The Kier molecular flexibility index (Phi) is 6.61. The smallest absolute Gasteiger partial charge is 0.244 e. The Morgan fingerprint density at radius 1 is 1.18 bits per heavy atom. The molecule has 0 unspecified atom stereocenters. The predicted octanol–water partition coefficient (Wildman–Crippen LogP) is 3.16. The summed E-state index contributed by atoms with van der Waals surface area (Å²) in [4.78, 5) is 30.9. The van der Waals surface area contributed by atoms with E-state index in [1.807, 2.05) is 6.07 Å². The first-order valence-corrected chi connectivity index (χ1v) is 13.1. The van der Waals surface area contributed by atoms with Crippen LogP contribution in [0.4, 0.5) is 10.8 Å². The van der Waals surface area contributed by atoms with Crippen LogP contribution in [0.3, 0.4) is 0 Å². The van der Waals surface area contributed by atoms with Crippen molar-refractivity contribution in [3.8, 4) is 5.75 Å². The van der Waals surface area contributed by atoms with Crippen LogP contribution in [0.5, 0.6) is 5.75 Å². The minimum atomic E-state index is -3.98. The van der Waals surface area contributed by atoms with Gasteiger partial charge in [-0.2, -0.15) is 4.72 Å². The van der Waals surface area contributed by atoms with Crippen LogP contribution in [0.25, 0.3) is 10.2 Å². The van der Waals surface area contributed by atoms with Gasteiger partial charge in [0.25, 0.3) is 0 Å². The molecular weight excluding hydrogens is 476 g/mol. The minimum Gasteiger partial charge on any atom is -0.497 e. The molecule has 2 heterocycles. The van der Waals surface area contributed by atoms with Crippen LogP contribution < -0.4 is 19.7 Å². The number of anilines is 2. The van der Waals surface area contributed by atoms with E-state index < -0.39 is 22.0 Å². The summed E-state index contributed by atoms with van der Waals surface area (Å²) in [5.41, 5.74) is 2.21. The predicted molar refractivity (Wildman–Crippen MR) is 132 cm³/mol. The first-order valence-electron chi connectivity index (χ1n) is 10.8. The van der Waals surface area contributed by atoms with Gasteiger partial charge in [-0.05, 0) is 54.3 Å². The number of benzene rings is 2. The fourth-order valence-electron chi connectivity index (χ4n) is 3.87. The summed E-state index contributed by atoms with van der Waals surface area (Å²) in [6.07, 6.45) is 0.578. The number of carbonyl (C=O) groups is 2. The number of hydrogen-bond acceptors (Lipinski definition) is 7. The van der Waals surface area contributed by atoms with E-state index in [1.165, 1.54) is 24.3 Å². The summed E-state index contributed by atoms with van der Waals surface area (Å²) in [6.45, 7) is 5.54. The van der Waals surface area contributed by atoms with Crippen LogP contribution in [0.15, 0.2) is 41.3 Å². The number of amides is 2. The van der Waals surface area contributed by atoms with Crippen LogP contribution >= 0.6 is 11.3 Å². The van der Waals surface area contributed by atoms with Crippen molar-refractivity contribution < 1.29 is 22.7 Å². The molecule has 1 aromatic heterocycles. The molecule has 0 fully saturated rings. The van der Waals surface area contributed by atoms with E-state index >= 15 is 0 Å². The number of hydrogen-bond donors (Lipinski definition) is 2. The van der Waals surface area contributed by atoms with E-state index in [0.717, 1.165) is 16.0 Å². The molecule has 1 atom stereocenters. The molecule has 9 nitrogen and oxygen atoms in total. The molecule has 3 aromatic rings. The van der Waals surface area contributed by atoms with E-state index in [4.69, 9.17) is 4.74 Å². The Morgan fingerprint density at radius 3 is 2.62 bits per heavy atom. The number of nitrogens with zero attached hydrogens (tertiary/aromatic N) is 2. The second-order valence-electron chi connectivity index (χ2n) is 8.40. The molecule has 0 radical (unpaired) electrons. The molecule has 2 amide bonds. The molecule has 180 valence electrons. The first-order chi connectivity index (χ1) is 16.1. The third-order valence-electron chi connectivity index (χ3n) is 5.69. The zero-order chi connectivity index (χ0) is 24.6. The van der Waals surface area contributed by atoms with Crippen LogP contribution in [0, 0.1) is 5.92 Å². The average Bonchev–Trinajstić information content (AvgIpc) is 3.39. The maximum Gasteiger partial charge on any atom is 0.244 e. The number of methoxy groups -OCH3 is 1. The lowest BCUT2D eigenvalue weighted by atomic mass is 10.1. The Hall–Kier alpha value is -3.02. The molecule has 4 rings (SSSR count). The summed E-state index contributed by atoms with van der Waals surface area (Å²) in [5, 5.41) is 3.12. The molecule has 0 aliphatic carbocycles. The quantitative estimate of drug-likeness (QED) is 0.513. The van der Waals surface area contributed by atoms with Crippen LogP contribution in [0.2, 0.25) is 0 Å². The lowest BCUT2D eigenvalue weighted by Gasteiger charge is -2.21. The van der Waals surface area contributed by atoms with Gasteiger partial charge in [-0.15, -0.1) is 0 Å². The van der Waals surface area contributed by atoms with Crippen molar-refractivity contribution in [2.45, 2.75) is 38.1 Å². The summed E-state index contributed by atoms with van der Waals surface area (Å²) in [7, 11) is -2.41. The minimum absolute atomic E-state index is 0.0576. The molecule has 0 bridgehead atoms. The zero-order valence-electron chi connectivity index (χ0n) is 19.3. The average molecular weight is 503 g/mol. The lowest BCUT2D eigenvalue weighted by Crippen LogP contribution is -2.47. The summed E-state index contributed by atoms with van der Waals surface area (Å²) in [5.74, 6) is -0.208. The maximum absolute atomic E-state index is 13.1. The topological polar surface area (TPSA) is 118 Å². The summed E-state index contributed by atoms with van der Waals surface area (Å²) >= 11 is 1.28. The van der Waals surface area contributed by atoms with Crippen molar-refractivity contribution in [3.05, 3.63) is 42.0 Å². The van der Waals surface area contributed by atoms with Crippen molar-refractivity contribution in [3.63, 3.8) is 0 Å². The van der Waals surface area contributed by atoms with Crippen molar-refractivity contribution >= 4 is 54.2 Å². The number of aromatic nitrogens is 1. The van der Waals surface area contributed by atoms with Crippen molar-refractivity contribution in [2.75, 3.05) is 23.9 Å². The highest BCUT2D eigenvalue weighted by atomic mass is 32.2. The van der Waals surface area contributed by atoms with Gasteiger partial charge in [0, 0.05) is 19.2 Å². The van der Waals surface area contributed by atoms with Crippen molar-refractivity contribution in [1.29, 1.82) is 0 Å². The Bertz CT molecular complexity index is 1370. The largest absolute Gasteiger partial charge is 0.497 e. The second-order valence-corrected chi connectivity index (χ2v) is 11.1. The fraction of sp³-hybridized carbons (Fsp3) is 0.348. The normalized spacial score (nSPS) is 14.3. The lowest BCUT2D eigenvalue weighted by molar-refractivity contribution is -0.118. The molecule has 2 N–H and O–H groups in total. The van der Waals surface area contributed by atoms with E-state index in [1.54, 1.807) is 50.1 Å². The molecular formula is C23H26N4O5S2. The third kappa shape index (κ3) is 4.77. The molecule has 34 heavy (non-hydrogen) atoms. The standard InChI is InChI=1S/C23H26N4O5S2/c1-13(2)21(22(29)25-23-24-18-7-5-16(32-4)12-20(18)33-23)26-34(30,31)17-6-8-19-15(11-17)9-10-27(19)14(3)28/h5-8,11-13,21,26H,9-10H2,1-4H3,(H,24,25,29)/t21-/m1/s1.